The van der Waals surface area contributed by atoms with Crippen molar-refractivity contribution in [2.45, 2.75) is 19.8 Å². The van der Waals surface area contributed by atoms with Gasteiger partial charge in [0.25, 0.3) is 0 Å². The maximum absolute atomic E-state index is 9.91. The van der Waals surface area contributed by atoms with E-state index in [0.717, 1.165) is 19.4 Å². The Morgan fingerprint density at radius 2 is 2.00 bits per heavy atom. The van der Waals surface area contributed by atoms with E-state index in [0.29, 0.717) is 6.54 Å². The van der Waals surface area contributed by atoms with Gasteiger partial charge < -0.3 is 9.87 Å². The molecule has 13 heavy (non-hydrogen) atoms. The molecule has 0 aliphatic heterocycles. The summed E-state index contributed by atoms with van der Waals surface area (Å²) in [5.41, 5.74) is 0. The maximum Gasteiger partial charge on any atom is 1.00 e. The fourth-order valence-electron chi connectivity index (χ4n) is 0.643. The van der Waals surface area contributed by atoms with Crippen LogP contribution < -0.4 is 34.9 Å². The van der Waals surface area contributed by atoms with Crippen LogP contribution in [0, 0.1) is 0 Å². The molecule has 7 heteroatoms. The summed E-state index contributed by atoms with van der Waals surface area (Å²) in [7, 11) is -4.51. The van der Waals surface area contributed by atoms with Crippen molar-refractivity contribution in [2.75, 3.05) is 19.7 Å². The fourth-order valence-corrected chi connectivity index (χ4v) is 0.930. The molecule has 0 fully saturated rings. The van der Waals surface area contributed by atoms with Crippen LogP contribution in [0.5, 0.6) is 0 Å². The molecular formula is C6H14NNaO4S. The predicted octanol–water partition coefficient (Wildman–Crippen LogP) is -3.14. The van der Waals surface area contributed by atoms with Crippen molar-refractivity contribution in [3.05, 3.63) is 0 Å². The average Bonchev–Trinajstić information content (AvgIpc) is 1.94. The first kappa shape index (κ1) is 16.3. The first-order valence-electron chi connectivity index (χ1n) is 3.87. The van der Waals surface area contributed by atoms with Gasteiger partial charge in [0.15, 0.2) is 0 Å². The van der Waals surface area contributed by atoms with Crippen molar-refractivity contribution >= 4 is 10.4 Å². The second-order valence-corrected chi connectivity index (χ2v) is 3.39. The van der Waals surface area contributed by atoms with E-state index >= 15 is 0 Å². The first-order valence-corrected chi connectivity index (χ1v) is 5.20. The molecule has 0 spiro atoms. The number of hydrogen-bond donors (Lipinski definition) is 1. The van der Waals surface area contributed by atoms with E-state index in [1.165, 1.54) is 0 Å². The van der Waals surface area contributed by atoms with Gasteiger partial charge in [-0.1, -0.05) is 13.3 Å². The number of rotatable bonds is 7. The van der Waals surface area contributed by atoms with Crippen LogP contribution in [0.3, 0.4) is 0 Å². The third-order valence-corrected chi connectivity index (χ3v) is 1.67. The van der Waals surface area contributed by atoms with Crippen LogP contribution in [0.1, 0.15) is 19.8 Å². The normalized spacial score (nSPS) is 10.9. The summed E-state index contributed by atoms with van der Waals surface area (Å²) in [6.45, 7) is 3.18. The van der Waals surface area contributed by atoms with Crippen LogP contribution in [-0.2, 0) is 14.6 Å². The SMILES string of the molecule is CCCCNCCOS(=O)(=O)[O-].[Na+]. The molecule has 0 aromatic carbocycles. The van der Waals surface area contributed by atoms with Crippen LogP contribution in [0.25, 0.3) is 0 Å². The van der Waals surface area contributed by atoms with Crippen molar-refractivity contribution in [3.8, 4) is 0 Å². The van der Waals surface area contributed by atoms with Gasteiger partial charge in [0.05, 0.1) is 6.61 Å². The summed E-state index contributed by atoms with van der Waals surface area (Å²) < 4.78 is 33.7. The Bertz CT molecular complexity index is 195. The Morgan fingerprint density at radius 3 is 2.46 bits per heavy atom. The van der Waals surface area contributed by atoms with Gasteiger partial charge in [-0.05, 0) is 13.0 Å². The molecule has 0 aliphatic rings. The molecule has 0 aliphatic carbocycles. The van der Waals surface area contributed by atoms with Crippen molar-refractivity contribution in [2.24, 2.45) is 0 Å². The molecule has 0 atom stereocenters. The third-order valence-electron chi connectivity index (χ3n) is 1.21. The molecule has 0 saturated carbocycles. The van der Waals surface area contributed by atoms with Gasteiger partial charge in [-0.25, -0.2) is 8.42 Å². The van der Waals surface area contributed by atoms with Gasteiger partial charge in [0.2, 0.25) is 10.4 Å². The smallest absolute Gasteiger partial charge is 0.726 e. The predicted molar refractivity (Wildman–Crippen MR) is 43.4 cm³/mol. The topological polar surface area (TPSA) is 78.5 Å². The fraction of sp³-hybridized carbons (Fsp3) is 1.00. The average molecular weight is 219 g/mol. The second-order valence-electron chi connectivity index (χ2n) is 2.33. The Hall–Kier alpha value is 0.830. The van der Waals surface area contributed by atoms with Gasteiger partial charge >= 0.3 is 29.6 Å². The van der Waals surface area contributed by atoms with E-state index < -0.39 is 10.4 Å². The van der Waals surface area contributed by atoms with Crippen molar-refractivity contribution in [1.29, 1.82) is 0 Å². The summed E-state index contributed by atoms with van der Waals surface area (Å²) in [5, 5.41) is 2.93. The zero-order valence-corrected chi connectivity index (χ0v) is 10.9. The monoisotopic (exact) mass is 219 g/mol. The minimum absolute atomic E-state index is 0. The van der Waals surface area contributed by atoms with E-state index in [1.807, 2.05) is 0 Å². The summed E-state index contributed by atoms with van der Waals surface area (Å²) >= 11 is 0. The molecule has 5 nitrogen and oxygen atoms in total. The van der Waals surface area contributed by atoms with Gasteiger partial charge in [0.1, 0.15) is 0 Å². The number of hydrogen-bond acceptors (Lipinski definition) is 5. The molecule has 1 N–H and O–H groups in total. The van der Waals surface area contributed by atoms with Crippen molar-refractivity contribution in [1.82, 2.24) is 5.32 Å². The maximum atomic E-state index is 9.91. The van der Waals surface area contributed by atoms with Crippen LogP contribution >= 0.6 is 0 Å². The Balaban J connectivity index is 0. The van der Waals surface area contributed by atoms with E-state index in [1.54, 1.807) is 0 Å². The summed E-state index contributed by atoms with van der Waals surface area (Å²) in [4.78, 5) is 0. The Labute approximate surface area is 101 Å². The molecule has 0 amide bonds. The van der Waals surface area contributed by atoms with E-state index in [9.17, 15) is 13.0 Å². The summed E-state index contributed by atoms with van der Waals surface area (Å²) in [6, 6.07) is 0. The van der Waals surface area contributed by atoms with Gasteiger partial charge in [0, 0.05) is 6.54 Å². The van der Waals surface area contributed by atoms with E-state index in [-0.39, 0.29) is 36.2 Å². The van der Waals surface area contributed by atoms with Crippen LogP contribution in [0.2, 0.25) is 0 Å². The van der Waals surface area contributed by atoms with Crippen LogP contribution in [-0.4, -0.2) is 32.7 Å². The van der Waals surface area contributed by atoms with Crippen LogP contribution in [0.4, 0.5) is 0 Å². The minimum atomic E-state index is -4.51. The van der Waals surface area contributed by atoms with Crippen molar-refractivity contribution < 1.29 is 46.7 Å². The molecular weight excluding hydrogens is 205 g/mol. The largest absolute Gasteiger partial charge is 1.00 e. The summed E-state index contributed by atoms with van der Waals surface area (Å²) in [5.74, 6) is 0. The summed E-state index contributed by atoms with van der Waals surface area (Å²) in [6.07, 6.45) is 2.11. The van der Waals surface area contributed by atoms with Gasteiger partial charge in [-0.2, -0.15) is 0 Å². The second kappa shape index (κ2) is 9.39. The third kappa shape index (κ3) is 15.6. The molecule has 74 valence electrons. The number of unbranched alkanes of at least 4 members (excludes halogenated alkanes) is 1. The molecule has 0 rings (SSSR count). The molecule has 0 heterocycles. The first-order chi connectivity index (χ1) is 5.56. The zero-order chi connectivity index (χ0) is 9.45. The van der Waals surface area contributed by atoms with Gasteiger partial charge in [-0.3, -0.25) is 4.18 Å². The Kier molecular flexibility index (Phi) is 11.7. The molecule has 0 saturated heterocycles. The van der Waals surface area contributed by atoms with Gasteiger partial charge in [-0.15, -0.1) is 0 Å². The molecule has 0 radical (unpaired) electrons. The molecule has 0 bridgehead atoms. The minimum Gasteiger partial charge on any atom is -0.726 e. The Morgan fingerprint density at radius 1 is 1.38 bits per heavy atom. The molecule has 0 aromatic heterocycles. The van der Waals surface area contributed by atoms with Crippen LogP contribution in [0.15, 0.2) is 0 Å². The molecule has 0 aromatic rings. The quantitative estimate of drug-likeness (QED) is 0.212. The van der Waals surface area contributed by atoms with E-state index in [2.05, 4.69) is 16.4 Å². The molecule has 0 unspecified atom stereocenters. The van der Waals surface area contributed by atoms with Crippen molar-refractivity contribution in [3.63, 3.8) is 0 Å². The van der Waals surface area contributed by atoms with E-state index in [4.69, 9.17) is 0 Å². The number of nitrogens with one attached hydrogen (secondary N) is 1. The standard InChI is InChI=1S/C6H15NO4S.Na/c1-2-3-4-7-5-6-11-12(8,9)10;/h7H,2-6H2,1H3,(H,8,9,10);/q;+1/p-1. The zero-order valence-electron chi connectivity index (χ0n) is 8.08.